The number of piperazine rings is 1. The van der Waals surface area contributed by atoms with Gasteiger partial charge in [0.2, 0.25) is 0 Å². The van der Waals surface area contributed by atoms with Crippen LogP contribution in [0.1, 0.15) is 23.6 Å². The number of hydrogen-bond acceptors (Lipinski definition) is 1. The van der Waals surface area contributed by atoms with Gasteiger partial charge in [-0.2, -0.15) is 0 Å². The number of pyridine rings is 1. The van der Waals surface area contributed by atoms with E-state index in [1.165, 1.54) is 49.4 Å². The molecule has 3 heteroatoms. The number of quaternary nitrogens is 2. The zero-order chi connectivity index (χ0) is 15.2. The Morgan fingerprint density at radius 1 is 0.727 bits per heavy atom. The van der Waals surface area contributed by atoms with Crippen molar-refractivity contribution in [2.75, 3.05) is 26.2 Å². The van der Waals surface area contributed by atoms with Crippen molar-refractivity contribution in [2.24, 2.45) is 0 Å². The zero-order valence-corrected chi connectivity index (χ0v) is 13.5. The number of aryl methyl sites for hydroxylation is 1. The molecule has 116 valence electrons. The first-order valence-corrected chi connectivity index (χ1v) is 8.47. The third-order valence-corrected chi connectivity index (χ3v) is 4.75. The van der Waals surface area contributed by atoms with Crippen molar-refractivity contribution in [1.29, 1.82) is 0 Å². The Kier molecular flexibility index (Phi) is 5.20. The summed E-state index contributed by atoms with van der Waals surface area (Å²) in [6.07, 6.45) is 4.93. The predicted octanol–water partition coefficient (Wildman–Crippen LogP) is 0.128. The summed E-state index contributed by atoms with van der Waals surface area (Å²) in [6.45, 7) is 9.61. The topological polar surface area (TPSA) is 21.8 Å². The van der Waals surface area contributed by atoms with Gasteiger partial charge in [-0.3, -0.25) is 4.98 Å². The molecule has 0 amide bonds. The number of rotatable bonds is 5. The van der Waals surface area contributed by atoms with Crippen LogP contribution in [0, 0.1) is 0 Å². The average molecular weight is 297 g/mol. The zero-order valence-electron chi connectivity index (χ0n) is 13.5. The molecule has 1 aliphatic rings. The van der Waals surface area contributed by atoms with Gasteiger partial charge in [-0.1, -0.05) is 31.2 Å². The summed E-state index contributed by atoms with van der Waals surface area (Å²) in [6, 6.07) is 13.5. The van der Waals surface area contributed by atoms with Crippen LogP contribution >= 0.6 is 0 Å². The van der Waals surface area contributed by atoms with Crippen LogP contribution < -0.4 is 9.80 Å². The second kappa shape index (κ2) is 7.52. The molecule has 0 bridgehead atoms. The summed E-state index contributed by atoms with van der Waals surface area (Å²) in [4.78, 5) is 7.53. The van der Waals surface area contributed by atoms with Gasteiger partial charge >= 0.3 is 0 Å². The molecule has 0 spiro atoms. The lowest BCUT2D eigenvalue weighted by Gasteiger charge is -2.29. The summed E-state index contributed by atoms with van der Waals surface area (Å²) in [5, 5.41) is 0. The fraction of sp³-hybridized carbons (Fsp3) is 0.421. The summed E-state index contributed by atoms with van der Waals surface area (Å²) in [5.74, 6) is 0. The van der Waals surface area contributed by atoms with E-state index in [9.17, 15) is 0 Å². The first-order valence-electron chi connectivity index (χ1n) is 8.47. The Labute approximate surface area is 133 Å². The smallest absolute Gasteiger partial charge is 0.127 e. The molecule has 22 heavy (non-hydrogen) atoms. The molecule has 0 atom stereocenters. The van der Waals surface area contributed by atoms with Gasteiger partial charge in [0.1, 0.15) is 39.3 Å². The third kappa shape index (κ3) is 4.15. The van der Waals surface area contributed by atoms with Gasteiger partial charge < -0.3 is 9.80 Å². The van der Waals surface area contributed by atoms with Crippen LogP contribution in [-0.2, 0) is 19.5 Å². The highest BCUT2D eigenvalue weighted by Crippen LogP contribution is 2.03. The first-order chi connectivity index (χ1) is 10.8. The predicted molar refractivity (Wildman–Crippen MR) is 88.9 cm³/mol. The van der Waals surface area contributed by atoms with E-state index in [4.69, 9.17) is 0 Å². The molecule has 1 fully saturated rings. The number of aromatic nitrogens is 1. The molecular formula is C19H27N3+2. The van der Waals surface area contributed by atoms with E-state index >= 15 is 0 Å². The maximum Gasteiger partial charge on any atom is 0.127 e. The molecule has 0 unspecified atom stereocenters. The third-order valence-electron chi connectivity index (χ3n) is 4.75. The van der Waals surface area contributed by atoms with E-state index < -0.39 is 0 Å². The van der Waals surface area contributed by atoms with Crippen molar-refractivity contribution >= 4 is 0 Å². The lowest BCUT2D eigenvalue weighted by Crippen LogP contribution is -3.27. The summed E-state index contributed by atoms with van der Waals surface area (Å²) in [7, 11) is 0. The number of hydrogen-bond donors (Lipinski definition) is 2. The normalized spacial score (nSPS) is 21.7. The average Bonchev–Trinajstić information content (AvgIpc) is 2.58. The minimum atomic E-state index is 1.13. The second-order valence-electron chi connectivity index (χ2n) is 6.38. The molecule has 2 N–H and O–H groups in total. The molecular weight excluding hydrogens is 270 g/mol. The van der Waals surface area contributed by atoms with E-state index in [2.05, 4.69) is 48.3 Å². The van der Waals surface area contributed by atoms with E-state index in [1.807, 2.05) is 12.4 Å². The minimum absolute atomic E-state index is 1.13. The van der Waals surface area contributed by atoms with Crippen LogP contribution in [0.15, 0.2) is 48.8 Å². The molecule has 1 aromatic heterocycles. The fourth-order valence-electron chi connectivity index (χ4n) is 3.28. The molecule has 1 aromatic carbocycles. The first kappa shape index (κ1) is 15.2. The largest absolute Gasteiger partial charge is 0.322 e. The fourth-order valence-corrected chi connectivity index (χ4v) is 3.28. The van der Waals surface area contributed by atoms with Crippen LogP contribution in [0.5, 0.6) is 0 Å². The van der Waals surface area contributed by atoms with Gasteiger partial charge in [0.15, 0.2) is 0 Å². The Bertz CT molecular complexity index is 557. The van der Waals surface area contributed by atoms with E-state index in [0.29, 0.717) is 0 Å². The van der Waals surface area contributed by atoms with Gasteiger partial charge in [0, 0.05) is 23.5 Å². The lowest BCUT2D eigenvalue weighted by molar-refractivity contribution is -1.02. The Morgan fingerprint density at radius 3 is 1.68 bits per heavy atom. The molecule has 3 rings (SSSR count). The highest BCUT2D eigenvalue weighted by Gasteiger charge is 2.22. The van der Waals surface area contributed by atoms with Crippen molar-refractivity contribution < 1.29 is 9.80 Å². The molecule has 2 aromatic rings. The van der Waals surface area contributed by atoms with Gasteiger partial charge in [0.25, 0.3) is 0 Å². The van der Waals surface area contributed by atoms with Crippen LogP contribution in [0.25, 0.3) is 0 Å². The van der Waals surface area contributed by atoms with Gasteiger partial charge in [0.05, 0.1) is 0 Å². The summed E-state index contributed by atoms with van der Waals surface area (Å²) >= 11 is 0. The highest BCUT2D eigenvalue weighted by atomic mass is 15.3. The van der Waals surface area contributed by atoms with Gasteiger partial charge in [-0.15, -0.1) is 0 Å². The van der Waals surface area contributed by atoms with Crippen molar-refractivity contribution in [3.63, 3.8) is 0 Å². The molecule has 2 heterocycles. The number of nitrogens with one attached hydrogen (secondary N) is 2. The SMILES string of the molecule is CCc1ccc(C[NH+]2CC[NH+](Cc3ccncc3)CC2)cc1. The Hall–Kier alpha value is -1.71. The van der Waals surface area contributed by atoms with Crippen LogP contribution in [0.4, 0.5) is 0 Å². The Balaban J connectivity index is 1.47. The summed E-state index contributed by atoms with van der Waals surface area (Å²) < 4.78 is 0. The monoisotopic (exact) mass is 297 g/mol. The van der Waals surface area contributed by atoms with Crippen molar-refractivity contribution in [2.45, 2.75) is 26.4 Å². The van der Waals surface area contributed by atoms with Gasteiger partial charge in [-0.05, 0) is 24.1 Å². The van der Waals surface area contributed by atoms with Crippen molar-refractivity contribution in [1.82, 2.24) is 4.98 Å². The van der Waals surface area contributed by atoms with E-state index in [0.717, 1.165) is 13.0 Å². The lowest BCUT2D eigenvalue weighted by atomic mass is 10.1. The van der Waals surface area contributed by atoms with E-state index in [1.54, 1.807) is 9.80 Å². The molecule has 1 aliphatic heterocycles. The number of nitrogens with zero attached hydrogens (tertiary/aromatic N) is 1. The molecule has 1 saturated heterocycles. The highest BCUT2D eigenvalue weighted by molar-refractivity contribution is 5.21. The summed E-state index contributed by atoms with van der Waals surface area (Å²) in [5.41, 5.74) is 4.32. The molecule has 0 radical (unpaired) electrons. The van der Waals surface area contributed by atoms with Crippen molar-refractivity contribution in [3.8, 4) is 0 Å². The molecule has 0 aliphatic carbocycles. The quantitative estimate of drug-likeness (QED) is 0.804. The molecule has 0 saturated carbocycles. The Morgan fingerprint density at radius 2 is 1.18 bits per heavy atom. The van der Waals surface area contributed by atoms with Gasteiger partial charge in [-0.25, -0.2) is 0 Å². The second-order valence-corrected chi connectivity index (χ2v) is 6.38. The maximum absolute atomic E-state index is 4.10. The van der Waals surface area contributed by atoms with Crippen LogP contribution in [0.3, 0.4) is 0 Å². The van der Waals surface area contributed by atoms with Crippen molar-refractivity contribution in [3.05, 3.63) is 65.5 Å². The molecule has 3 nitrogen and oxygen atoms in total. The van der Waals surface area contributed by atoms with Crippen LogP contribution in [-0.4, -0.2) is 31.2 Å². The standard InChI is InChI=1S/C19H25N3/c1-2-17-3-5-18(6-4-17)15-21-11-13-22(14-12-21)16-19-7-9-20-10-8-19/h3-10H,2,11-16H2,1H3/p+2. The van der Waals surface area contributed by atoms with Crippen LogP contribution in [0.2, 0.25) is 0 Å². The maximum atomic E-state index is 4.10. The minimum Gasteiger partial charge on any atom is -0.322 e. The number of benzene rings is 1. The van der Waals surface area contributed by atoms with E-state index in [-0.39, 0.29) is 0 Å².